The fourth-order valence-electron chi connectivity index (χ4n) is 3.15. The van der Waals surface area contributed by atoms with Gasteiger partial charge in [-0.3, -0.25) is 9.98 Å². The fraction of sp³-hybridized carbons (Fsp3) is 0.150. The molecule has 0 aliphatic heterocycles. The Kier molecular flexibility index (Phi) is 4.47. The van der Waals surface area contributed by atoms with Crippen molar-refractivity contribution in [3.63, 3.8) is 0 Å². The van der Waals surface area contributed by atoms with Gasteiger partial charge in [-0.1, -0.05) is 0 Å². The highest BCUT2D eigenvalue weighted by Crippen LogP contribution is 2.23. The zero-order valence-corrected chi connectivity index (χ0v) is 16.3. The normalized spacial score (nSPS) is 14.9. The van der Waals surface area contributed by atoms with Crippen LogP contribution in [0.1, 0.15) is 28.9 Å². The molecule has 12 heteroatoms. The summed E-state index contributed by atoms with van der Waals surface area (Å²) in [4.78, 5) is 36.3. The van der Waals surface area contributed by atoms with E-state index in [0.717, 1.165) is 18.9 Å². The number of carbonyl (C=O) groups is 1. The molecular weight excluding hydrogens is 421 g/mol. The maximum Gasteiger partial charge on any atom is 0.335 e. The first-order valence-electron chi connectivity index (χ1n) is 9.63. The lowest BCUT2D eigenvalue weighted by atomic mass is 10.2. The average Bonchev–Trinajstić information content (AvgIpc) is 3.38. The molecule has 0 saturated heterocycles. The van der Waals surface area contributed by atoms with Crippen LogP contribution in [0.3, 0.4) is 0 Å². The van der Waals surface area contributed by atoms with Gasteiger partial charge in [0.05, 0.1) is 23.5 Å². The van der Waals surface area contributed by atoms with Crippen LogP contribution in [0.15, 0.2) is 40.2 Å². The van der Waals surface area contributed by atoms with Crippen molar-refractivity contribution in [2.24, 2.45) is 4.99 Å². The molecular formula is C20H16FN7O4. The van der Waals surface area contributed by atoms with Crippen molar-refractivity contribution < 1.29 is 19.4 Å². The van der Waals surface area contributed by atoms with Crippen molar-refractivity contribution in [3.05, 3.63) is 68.7 Å². The number of nitrogens with one attached hydrogen (secondary N) is 3. The monoisotopic (exact) mass is 437 g/mol. The Labute approximate surface area is 177 Å². The first-order chi connectivity index (χ1) is 15.4. The third-order valence-electron chi connectivity index (χ3n) is 4.86. The number of benzene rings is 1. The van der Waals surface area contributed by atoms with E-state index in [9.17, 15) is 19.1 Å². The first-order valence-corrected chi connectivity index (χ1v) is 9.63. The molecule has 3 aromatic heterocycles. The Morgan fingerprint density at radius 3 is 2.78 bits per heavy atom. The summed E-state index contributed by atoms with van der Waals surface area (Å²) >= 11 is 0. The summed E-state index contributed by atoms with van der Waals surface area (Å²) in [5.41, 5.74) is 0.314. The number of nitrogens with zero attached hydrogens (tertiary/aromatic N) is 4. The van der Waals surface area contributed by atoms with E-state index in [1.54, 1.807) is 6.07 Å². The Bertz CT molecular complexity index is 1550. The molecule has 11 nitrogen and oxygen atoms in total. The lowest BCUT2D eigenvalue weighted by Gasteiger charge is -2.08. The van der Waals surface area contributed by atoms with Crippen LogP contribution >= 0.6 is 0 Å². The zero-order valence-electron chi connectivity index (χ0n) is 16.3. The van der Waals surface area contributed by atoms with Crippen LogP contribution in [-0.2, 0) is 0 Å². The van der Waals surface area contributed by atoms with E-state index in [2.05, 4.69) is 30.4 Å². The highest BCUT2D eigenvalue weighted by Gasteiger charge is 2.20. The number of imidazole rings is 1. The molecule has 1 aliphatic rings. The summed E-state index contributed by atoms with van der Waals surface area (Å²) in [5, 5.41) is 26.5. The summed E-state index contributed by atoms with van der Waals surface area (Å²) < 4.78 is 15.9. The van der Waals surface area contributed by atoms with Crippen molar-refractivity contribution in [2.75, 3.05) is 5.32 Å². The number of carboxylic acid groups (broad SMARTS) is 1. The molecule has 32 heavy (non-hydrogen) atoms. The minimum Gasteiger partial charge on any atom is -0.493 e. The number of H-pyrrole nitrogens is 2. The smallest absolute Gasteiger partial charge is 0.335 e. The van der Waals surface area contributed by atoms with E-state index >= 15 is 0 Å². The molecule has 5 rings (SSSR count). The number of hydrogen-bond donors (Lipinski definition) is 5. The summed E-state index contributed by atoms with van der Waals surface area (Å²) in [6.07, 6.45) is 4.91. The second-order valence-electron chi connectivity index (χ2n) is 7.31. The van der Waals surface area contributed by atoms with Crippen molar-refractivity contribution in [2.45, 2.75) is 18.9 Å². The van der Waals surface area contributed by atoms with Crippen LogP contribution in [0.2, 0.25) is 0 Å². The predicted octanol–water partition coefficient (Wildman–Crippen LogP) is 0.643. The summed E-state index contributed by atoms with van der Waals surface area (Å²) in [5.74, 6) is -2.04. The van der Waals surface area contributed by atoms with Gasteiger partial charge < -0.3 is 20.5 Å². The van der Waals surface area contributed by atoms with Crippen molar-refractivity contribution in [1.82, 2.24) is 24.6 Å². The molecule has 0 unspecified atom stereocenters. The maximum atomic E-state index is 14.4. The van der Waals surface area contributed by atoms with Crippen LogP contribution in [0.5, 0.6) is 5.88 Å². The molecule has 4 aromatic rings. The van der Waals surface area contributed by atoms with Crippen LogP contribution in [0.4, 0.5) is 15.9 Å². The van der Waals surface area contributed by atoms with E-state index < -0.39 is 17.5 Å². The quantitative estimate of drug-likeness (QED) is 0.306. The van der Waals surface area contributed by atoms with Gasteiger partial charge in [-0.15, -0.1) is 0 Å². The Morgan fingerprint density at radius 1 is 1.31 bits per heavy atom. The first kappa shape index (κ1) is 19.5. The SMILES string of the molecule is O=C(O)c1ccc(Nc2cc(=NC3CC3)n3nc/c(=C\c4[nH]c(=O)[nH]c4O)c3n2)c(F)c1. The molecule has 162 valence electrons. The van der Waals surface area contributed by atoms with Crippen molar-refractivity contribution in [3.8, 4) is 5.88 Å². The molecule has 1 aromatic carbocycles. The lowest BCUT2D eigenvalue weighted by molar-refractivity contribution is 0.0696. The van der Waals surface area contributed by atoms with E-state index in [4.69, 9.17) is 5.11 Å². The van der Waals surface area contributed by atoms with Gasteiger partial charge in [-0.2, -0.15) is 9.61 Å². The largest absolute Gasteiger partial charge is 0.493 e. The van der Waals surface area contributed by atoms with Crippen molar-refractivity contribution in [1.29, 1.82) is 0 Å². The number of hydrogen-bond acceptors (Lipinski definition) is 7. The second kappa shape index (κ2) is 7.34. The number of carboxylic acids is 1. The van der Waals surface area contributed by atoms with Crippen LogP contribution in [-0.4, -0.2) is 46.8 Å². The van der Waals surface area contributed by atoms with E-state index in [-0.39, 0.29) is 34.7 Å². The third-order valence-corrected chi connectivity index (χ3v) is 4.86. The summed E-state index contributed by atoms with van der Waals surface area (Å²) in [7, 11) is 0. The van der Waals surface area contributed by atoms with Gasteiger partial charge in [0, 0.05) is 11.3 Å². The number of aromatic amines is 2. The van der Waals surface area contributed by atoms with Gasteiger partial charge in [-0.05, 0) is 37.1 Å². The minimum absolute atomic E-state index is 0.0434. The standard InChI is InChI=1S/C20H16FN7O4/c21-12-5-9(19(30)31)1-4-13(12)24-15-7-16(23-11-2-3-11)28-17(26-15)10(8-22-28)6-14-18(29)27-20(32)25-14/h1,4-8,11,24,29H,2-3H2,(H,30,31)(H2,25,27,32)/b10-6+,23-16?. The lowest BCUT2D eigenvalue weighted by Crippen LogP contribution is -2.20. The number of fused-ring (bicyclic) bond motifs is 1. The van der Waals surface area contributed by atoms with Gasteiger partial charge in [0.1, 0.15) is 17.3 Å². The van der Waals surface area contributed by atoms with Gasteiger partial charge >= 0.3 is 11.7 Å². The van der Waals surface area contributed by atoms with Crippen LogP contribution in [0, 0.1) is 5.82 Å². The van der Waals surface area contributed by atoms with E-state index in [0.29, 0.717) is 16.4 Å². The number of aromatic hydroxyl groups is 1. The molecule has 0 spiro atoms. The van der Waals surface area contributed by atoms with Gasteiger partial charge in [0.2, 0.25) is 5.88 Å². The number of rotatable bonds is 5. The Morgan fingerprint density at radius 2 is 2.12 bits per heavy atom. The molecule has 0 atom stereocenters. The molecule has 1 aliphatic carbocycles. The molecule has 0 radical (unpaired) electrons. The topological polar surface area (TPSA) is 161 Å². The highest BCUT2D eigenvalue weighted by molar-refractivity contribution is 5.88. The van der Waals surface area contributed by atoms with Gasteiger partial charge in [0.15, 0.2) is 11.1 Å². The highest BCUT2D eigenvalue weighted by atomic mass is 19.1. The Hall–Kier alpha value is -4.48. The molecule has 3 heterocycles. The van der Waals surface area contributed by atoms with E-state index in [1.807, 2.05) is 0 Å². The second-order valence-corrected chi connectivity index (χ2v) is 7.31. The average molecular weight is 437 g/mol. The summed E-state index contributed by atoms with van der Waals surface area (Å²) in [6, 6.07) is 5.30. The summed E-state index contributed by atoms with van der Waals surface area (Å²) in [6.45, 7) is 0. The number of aromatic carboxylic acids is 1. The van der Waals surface area contributed by atoms with Gasteiger partial charge in [0.25, 0.3) is 0 Å². The molecule has 1 fully saturated rings. The fourth-order valence-corrected chi connectivity index (χ4v) is 3.15. The maximum absolute atomic E-state index is 14.4. The predicted molar refractivity (Wildman–Crippen MR) is 110 cm³/mol. The number of aromatic nitrogens is 5. The zero-order chi connectivity index (χ0) is 22.4. The number of halogens is 1. The Balaban J connectivity index is 1.64. The molecule has 5 N–H and O–H groups in total. The van der Waals surface area contributed by atoms with Crippen LogP contribution < -0.4 is 21.7 Å². The van der Waals surface area contributed by atoms with Gasteiger partial charge in [-0.25, -0.2) is 19.0 Å². The van der Waals surface area contributed by atoms with Crippen LogP contribution in [0.25, 0.3) is 11.7 Å². The minimum atomic E-state index is -1.23. The third kappa shape index (κ3) is 3.69. The molecule has 0 amide bonds. The molecule has 0 bridgehead atoms. The van der Waals surface area contributed by atoms with E-state index in [1.165, 1.54) is 28.9 Å². The number of anilines is 2. The van der Waals surface area contributed by atoms with Crippen molar-refractivity contribution >= 4 is 29.2 Å². The molecule has 1 saturated carbocycles.